The van der Waals surface area contributed by atoms with Gasteiger partial charge in [-0.05, 0) is 12.5 Å². The van der Waals surface area contributed by atoms with Gasteiger partial charge in [-0.1, -0.05) is 11.8 Å². The first-order valence-electron chi connectivity index (χ1n) is 6.03. The van der Waals surface area contributed by atoms with Gasteiger partial charge >= 0.3 is 0 Å². The number of hydrogen-bond acceptors (Lipinski definition) is 4. The number of rotatable bonds is 2. The lowest BCUT2D eigenvalue weighted by atomic mass is 10.3. The van der Waals surface area contributed by atoms with Crippen molar-refractivity contribution in [2.45, 2.75) is 13.0 Å². The molecule has 18 heavy (non-hydrogen) atoms. The van der Waals surface area contributed by atoms with Crippen LogP contribution in [0.1, 0.15) is 16.9 Å². The highest BCUT2D eigenvalue weighted by Crippen LogP contribution is 2.16. The highest BCUT2D eigenvalue weighted by atomic mass is 32.1. The predicted molar refractivity (Wildman–Crippen MR) is 73.2 cm³/mol. The lowest BCUT2D eigenvalue weighted by molar-refractivity contribution is -0.121. The Morgan fingerprint density at radius 2 is 2.44 bits per heavy atom. The van der Waals surface area contributed by atoms with Crippen LogP contribution in [-0.2, 0) is 11.3 Å². The smallest absolute Gasteiger partial charge is 0.234 e. The maximum atomic E-state index is 11.4. The van der Waals surface area contributed by atoms with Gasteiger partial charge in [-0.3, -0.25) is 9.69 Å². The van der Waals surface area contributed by atoms with Gasteiger partial charge in [-0.25, -0.2) is 0 Å². The van der Waals surface area contributed by atoms with Gasteiger partial charge in [-0.15, -0.1) is 11.3 Å². The normalized spacial score (nSPS) is 16.6. The number of thiophene rings is 1. The van der Waals surface area contributed by atoms with E-state index in [9.17, 15) is 4.79 Å². The van der Waals surface area contributed by atoms with Gasteiger partial charge in [0.25, 0.3) is 0 Å². The first kappa shape index (κ1) is 13.1. The highest BCUT2D eigenvalue weighted by Gasteiger charge is 2.15. The lowest BCUT2D eigenvalue weighted by Gasteiger charge is -2.16. The van der Waals surface area contributed by atoms with E-state index < -0.39 is 0 Å². The summed E-state index contributed by atoms with van der Waals surface area (Å²) in [6, 6.07) is 2.08. The summed E-state index contributed by atoms with van der Waals surface area (Å²) in [5.74, 6) is 5.98. The Bertz CT molecular complexity index is 472. The van der Waals surface area contributed by atoms with Crippen molar-refractivity contribution < 1.29 is 4.79 Å². The third kappa shape index (κ3) is 3.84. The molecule has 0 radical (unpaired) electrons. The van der Waals surface area contributed by atoms with Crippen molar-refractivity contribution in [3.05, 3.63) is 21.9 Å². The Morgan fingerprint density at radius 1 is 1.56 bits per heavy atom. The second kappa shape index (κ2) is 6.55. The Balaban J connectivity index is 1.95. The number of amides is 1. The van der Waals surface area contributed by atoms with Crippen molar-refractivity contribution in [3.8, 4) is 11.8 Å². The molecule has 1 aliphatic heterocycles. The molecule has 0 aliphatic carbocycles. The topological polar surface area (TPSA) is 58.4 Å². The lowest BCUT2D eigenvalue weighted by Crippen LogP contribution is -2.32. The van der Waals surface area contributed by atoms with Crippen LogP contribution in [0.2, 0.25) is 0 Å². The molecule has 0 unspecified atom stereocenters. The molecule has 0 saturated carbocycles. The zero-order valence-corrected chi connectivity index (χ0v) is 11.1. The van der Waals surface area contributed by atoms with E-state index in [0.29, 0.717) is 13.1 Å². The largest absolute Gasteiger partial charge is 0.355 e. The molecule has 96 valence electrons. The third-order valence-corrected chi connectivity index (χ3v) is 3.63. The maximum Gasteiger partial charge on any atom is 0.234 e. The van der Waals surface area contributed by atoms with Gasteiger partial charge in [0, 0.05) is 35.5 Å². The molecule has 0 spiro atoms. The van der Waals surface area contributed by atoms with E-state index >= 15 is 0 Å². The molecule has 0 bridgehead atoms. The van der Waals surface area contributed by atoms with E-state index in [0.717, 1.165) is 31.6 Å². The van der Waals surface area contributed by atoms with E-state index in [1.807, 2.05) is 5.38 Å². The van der Waals surface area contributed by atoms with Gasteiger partial charge in [0.15, 0.2) is 0 Å². The standard InChI is InChI=1S/C13H17N3OS/c14-4-1-3-11-7-12(18-10-11)8-16-6-2-5-15-13(17)9-16/h7,10H,2,4-6,8-9,14H2,(H,15,17). The van der Waals surface area contributed by atoms with Crippen LogP contribution < -0.4 is 11.1 Å². The molecule has 0 aromatic carbocycles. The average Bonchev–Trinajstić information content (AvgIpc) is 2.69. The molecule has 0 atom stereocenters. The predicted octanol–water partition coefficient (Wildman–Crippen LogP) is 0.380. The van der Waals surface area contributed by atoms with Crippen molar-refractivity contribution in [1.82, 2.24) is 10.2 Å². The van der Waals surface area contributed by atoms with Crippen molar-refractivity contribution >= 4 is 17.2 Å². The van der Waals surface area contributed by atoms with Crippen molar-refractivity contribution in [3.63, 3.8) is 0 Å². The SMILES string of the molecule is NCC#Cc1csc(CN2CCCNC(=O)C2)c1. The van der Waals surface area contributed by atoms with Crippen LogP contribution in [0.5, 0.6) is 0 Å². The molecule has 1 aliphatic rings. The Hall–Kier alpha value is -1.35. The van der Waals surface area contributed by atoms with Crippen LogP contribution in [0.25, 0.3) is 0 Å². The number of carbonyl (C=O) groups excluding carboxylic acids is 1. The summed E-state index contributed by atoms with van der Waals surface area (Å²) in [7, 11) is 0. The molecular formula is C13H17N3OS. The van der Waals surface area contributed by atoms with Crippen LogP contribution in [0.3, 0.4) is 0 Å². The molecular weight excluding hydrogens is 246 g/mol. The van der Waals surface area contributed by atoms with Crippen LogP contribution in [0.4, 0.5) is 0 Å². The summed E-state index contributed by atoms with van der Waals surface area (Å²) >= 11 is 1.68. The van der Waals surface area contributed by atoms with Gasteiger partial charge in [-0.2, -0.15) is 0 Å². The van der Waals surface area contributed by atoms with Gasteiger partial charge in [0.05, 0.1) is 13.1 Å². The van der Waals surface area contributed by atoms with E-state index in [1.165, 1.54) is 4.88 Å². The van der Waals surface area contributed by atoms with Crippen molar-refractivity contribution in [2.24, 2.45) is 5.73 Å². The molecule has 3 N–H and O–H groups in total. The third-order valence-electron chi connectivity index (χ3n) is 2.71. The first-order chi connectivity index (χ1) is 8.78. The minimum absolute atomic E-state index is 0.118. The molecule has 1 amide bonds. The fourth-order valence-corrected chi connectivity index (χ4v) is 2.76. The molecule has 4 nitrogen and oxygen atoms in total. The number of carbonyl (C=O) groups is 1. The average molecular weight is 263 g/mol. The van der Waals surface area contributed by atoms with Gasteiger partial charge < -0.3 is 11.1 Å². The number of hydrogen-bond donors (Lipinski definition) is 2. The second-order valence-corrected chi connectivity index (χ2v) is 5.22. The molecule has 2 rings (SSSR count). The number of nitrogens with two attached hydrogens (primary N) is 1. The molecule has 1 aromatic rings. The molecule has 1 saturated heterocycles. The maximum absolute atomic E-state index is 11.4. The molecule has 2 heterocycles. The summed E-state index contributed by atoms with van der Waals surface area (Å²) in [6.07, 6.45) is 1.01. The number of nitrogens with zero attached hydrogens (tertiary/aromatic N) is 1. The van der Waals surface area contributed by atoms with Crippen LogP contribution in [-0.4, -0.2) is 37.0 Å². The minimum Gasteiger partial charge on any atom is -0.355 e. The summed E-state index contributed by atoms with van der Waals surface area (Å²) in [6.45, 7) is 3.44. The Morgan fingerprint density at radius 3 is 3.28 bits per heavy atom. The van der Waals surface area contributed by atoms with Crippen LogP contribution in [0, 0.1) is 11.8 Å². The monoisotopic (exact) mass is 263 g/mol. The highest BCUT2D eigenvalue weighted by molar-refractivity contribution is 7.10. The Labute approximate surface area is 111 Å². The van der Waals surface area contributed by atoms with E-state index in [4.69, 9.17) is 5.73 Å². The summed E-state index contributed by atoms with van der Waals surface area (Å²) in [5.41, 5.74) is 6.36. The first-order valence-corrected chi connectivity index (χ1v) is 6.91. The van der Waals surface area contributed by atoms with Crippen LogP contribution >= 0.6 is 11.3 Å². The zero-order chi connectivity index (χ0) is 12.8. The zero-order valence-electron chi connectivity index (χ0n) is 10.2. The quantitative estimate of drug-likeness (QED) is 0.759. The van der Waals surface area contributed by atoms with Crippen LogP contribution in [0.15, 0.2) is 11.4 Å². The summed E-state index contributed by atoms with van der Waals surface area (Å²) in [5, 5.41) is 4.92. The van der Waals surface area contributed by atoms with Gasteiger partial charge in [0.1, 0.15) is 0 Å². The van der Waals surface area contributed by atoms with Crippen molar-refractivity contribution in [1.29, 1.82) is 0 Å². The fourth-order valence-electron chi connectivity index (χ4n) is 1.91. The second-order valence-electron chi connectivity index (χ2n) is 4.22. The van der Waals surface area contributed by atoms with Crippen molar-refractivity contribution in [2.75, 3.05) is 26.2 Å². The summed E-state index contributed by atoms with van der Waals surface area (Å²) < 4.78 is 0. The molecule has 1 aromatic heterocycles. The van der Waals surface area contributed by atoms with E-state index in [1.54, 1.807) is 11.3 Å². The van der Waals surface area contributed by atoms with E-state index in [-0.39, 0.29) is 5.91 Å². The van der Waals surface area contributed by atoms with Gasteiger partial charge in [0.2, 0.25) is 5.91 Å². The molecule has 5 heteroatoms. The number of nitrogens with one attached hydrogen (secondary N) is 1. The molecule has 1 fully saturated rings. The summed E-state index contributed by atoms with van der Waals surface area (Å²) in [4.78, 5) is 14.9. The Kier molecular flexibility index (Phi) is 4.76. The minimum atomic E-state index is 0.118. The van der Waals surface area contributed by atoms with E-state index in [2.05, 4.69) is 28.1 Å². The fraction of sp³-hybridized carbons (Fsp3) is 0.462.